The topological polar surface area (TPSA) is 203 Å². The van der Waals surface area contributed by atoms with E-state index >= 15 is 0 Å². The van der Waals surface area contributed by atoms with Crippen molar-refractivity contribution in [2.24, 2.45) is 12.8 Å². The predicted molar refractivity (Wildman–Crippen MR) is 118 cm³/mol. The van der Waals surface area contributed by atoms with Gasteiger partial charge in [0.2, 0.25) is 11.1 Å². The summed E-state index contributed by atoms with van der Waals surface area (Å²) in [5.41, 5.74) is 4.05. The van der Waals surface area contributed by atoms with Gasteiger partial charge in [-0.05, 0) is 16.0 Å². The number of hydrogen-bond donors (Lipinski definition) is 4. The molecule has 2 aliphatic rings. The Balaban J connectivity index is 0.00000408. The van der Waals surface area contributed by atoms with Crippen LogP contribution in [0.15, 0.2) is 16.4 Å². The first-order chi connectivity index (χ1) is 15.6. The first-order valence-electron chi connectivity index (χ1n) is 9.30. The maximum Gasteiger partial charge on any atom is 1.00 e. The van der Waals surface area contributed by atoms with Gasteiger partial charge in [-0.3, -0.25) is 19.3 Å². The molecule has 0 radical (unpaired) electrons. The number of hydrogen-bond acceptors (Lipinski definition) is 12. The number of amides is 2. The number of ether oxygens (including phenoxy) is 1. The Bertz CT molecular complexity index is 1010. The number of nitrogens with one attached hydrogen (secondary N) is 1. The maximum absolute atomic E-state index is 13.0. The van der Waals surface area contributed by atoms with E-state index in [-0.39, 0.29) is 58.3 Å². The van der Waals surface area contributed by atoms with Crippen molar-refractivity contribution in [1.29, 1.82) is 0 Å². The number of rotatable bonds is 11. The average molecular weight is 543 g/mol. The molecule has 0 unspecified atom stereocenters. The quantitative estimate of drug-likeness (QED) is 0.0897. The molecule has 0 spiro atoms. The molecule has 0 saturated carbocycles. The Kier molecular flexibility index (Phi) is 10.3. The summed E-state index contributed by atoms with van der Waals surface area (Å²) in [5.74, 6) is -3.32. The summed E-state index contributed by atoms with van der Waals surface area (Å²) < 4.78 is 6.82. The number of carbonyl (C=O) groups excluding carboxylic acids is 2. The average Bonchev–Trinajstić information content (AvgIpc) is 3.19. The predicted octanol–water partition coefficient (Wildman–Crippen LogP) is -4.84. The summed E-state index contributed by atoms with van der Waals surface area (Å²) in [5, 5.41) is 31.9. The van der Waals surface area contributed by atoms with Crippen LogP contribution in [0, 0.1) is 0 Å². The third-order valence-corrected chi connectivity index (χ3v) is 8.30. The first kappa shape index (κ1) is 28.9. The van der Waals surface area contributed by atoms with Gasteiger partial charge in [-0.2, -0.15) is 0 Å². The van der Waals surface area contributed by atoms with Gasteiger partial charge in [-0.15, -0.1) is 28.6 Å². The number of carboxylic acid groups (broad SMARTS) is 2. The molecule has 2 amide bonds. The Morgan fingerprint density at radius 1 is 1.41 bits per heavy atom. The summed E-state index contributed by atoms with van der Waals surface area (Å²) in [6.45, 7) is 0. The van der Waals surface area contributed by atoms with Gasteiger partial charge in [-0.1, -0.05) is 11.8 Å². The van der Waals surface area contributed by atoms with Crippen molar-refractivity contribution < 1.29 is 63.7 Å². The molecule has 0 aromatic carbocycles. The van der Waals surface area contributed by atoms with Crippen molar-refractivity contribution in [2.75, 3.05) is 30.1 Å². The number of aromatic nitrogens is 4. The van der Waals surface area contributed by atoms with Gasteiger partial charge in [0.1, 0.15) is 17.1 Å². The van der Waals surface area contributed by atoms with Gasteiger partial charge in [0, 0.05) is 31.4 Å². The molecule has 3 atom stereocenters. The van der Waals surface area contributed by atoms with Gasteiger partial charge in [0.05, 0.1) is 5.75 Å². The van der Waals surface area contributed by atoms with E-state index in [2.05, 4.69) is 20.8 Å². The molecular weight excluding hydrogens is 521 g/mol. The molecule has 1 fully saturated rings. The molecule has 3 rings (SSSR count). The van der Waals surface area contributed by atoms with E-state index in [0.717, 1.165) is 16.7 Å². The van der Waals surface area contributed by atoms with Crippen LogP contribution in [0.1, 0.15) is 0 Å². The van der Waals surface area contributed by atoms with Gasteiger partial charge < -0.3 is 26.0 Å². The minimum atomic E-state index is -1.72. The third kappa shape index (κ3) is 5.72. The number of carbonyl (C=O) groups is 4. The van der Waals surface area contributed by atoms with Crippen LogP contribution in [-0.4, -0.2) is 106 Å². The summed E-state index contributed by atoms with van der Waals surface area (Å²) in [6.07, 6.45) is 0. The van der Waals surface area contributed by atoms with E-state index in [1.165, 1.54) is 35.3 Å². The molecule has 18 heteroatoms. The number of aliphatic carboxylic acids is 2. The molecule has 3 heterocycles. The van der Waals surface area contributed by atoms with Gasteiger partial charge in [-0.25, -0.2) is 9.48 Å². The standard InChI is InChI=1S/C16H21N7O7S3.Na/c1-22-15(19-20-21-22)33-4-7-3-32-14-16(30-2,13(29)23(14)10(7)12(27)28)18-9(24)6-31-5-8(17)11(25)26;/h8,14H,3-6,17H2,1-2H3,(H,18,24)(H,25,26)(H,27,28);/q;+1/t8-,14+,16+;/m1./s1. The maximum atomic E-state index is 13.0. The van der Waals surface area contributed by atoms with Crippen LogP contribution in [0.25, 0.3) is 0 Å². The summed E-state index contributed by atoms with van der Waals surface area (Å²) in [4.78, 5) is 49.3. The third-order valence-electron chi connectivity index (χ3n) is 4.76. The van der Waals surface area contributed by atoms with E-state index in [9.17, 15) is 24.3 Å². The number of aryl methyl sites for hydroxylation is 1. The van der Waals surface area contributed by atoms with Crippen LogP contribution in [-0.2, 0) is 31.0 Å². The van der Waals surface area contributed by atoms with E-state index in [1.54, 1.807) is 7.05 Å². The fourth-order valence-corrected chi connectivity index (χ4v) is 6.34. The molecule has 1 saturated heterocycles. The van der Waals surface area contributed by atoms with Gasteiger partial charge >= 0.3 is 41.5 Å². The molecule has 180 valence electrons. The van der Waals surface area contributed by atoms with Crippen molar-refractivity contribution in [3.63, 3.8) is 0 Å². The number of methoxy groups -OCH3 is 1. The molecule has 1 aromatic heterocycles. The number of nitrogens with zero attached hydrogens (tertiary/aromatic N) is 5. The molecule has 0 aliphatic carbocycles. The number of carboxylic acids is 2. The Labute approximate surface area is 228 Å². The Morgan fingerprint density at radius 3 is 2.68 bits per heavy atom. The molecule has 2 aliphatic heterocycles. The van der Waals surface area contributed by atoms with E-state index in [0.29, 0.717) is 10.7 Å². The van der Waals surface area contributed by atoms with Crippen LogP contribution in [0.4, 0.5) is 0 Å². The van der Waals surface area contributed by atoms with Crippen molar-refractivity contribution in [1.82, 2.24) is 30.4 Å². The van der Waals surface area contributed by atoms with Crippen LogP contribution < -0.4 is 40.6 Å². The van der Waals surface area contributed by atoms with Crippen molar-refractivity contribution in [3.8, 4) is 0 Å². The normalized spacial score (nSPS) is 22.4. The molecule has 5 N–H and O–H groups in total. The van der Waals surface area contributed by atoms with Crippen LogP contribution in [0.3, 0.4) is 0 Å². The van der Waals surface area contributed by atoms with Gasteiger partial charge in [0.25, 0.3) is 11.6 Å². The SMILES string of the molecule is CO[C@@]1(NC(=O)CSC[C@@H](N)C(=O)O)C(=O)N2C(C(=O)O)=C(CSc3nnnn3C)CS[C@H]21.[Na+]. The monoisotopic (exact) mass is 542 g/mol. The zero-order valence-corrected chi connectivity index (χ0v) is 22.9. The van der Waals surface area contributed by atoms with E-state index in [1.807, 2.05) is 0 Å². The molecular formula is C16H21N7NaO7S3+. The van der Waals surface area contributed by atoms with Crippen LogP contribution in [0.2, 0.25) is 0 Å². The molecule has 34 heavy (non-hydrogen) atoms. The van der Waals surface area contributed by atoms with E-state index in [4.69, 9.17) is 15.6 Å². The van der Waals surface area contributed by atoms with Gasteiger partial charge in [0.15, 0.2) is 0 Å². The Hall–Kier alpha value is -1.34. The second kappa shape index (κ2) is 12.1. The fourth-order valence-electron chi connectivity index (χ4n) is 3.14. The van der Waals surface area contributed by atoms with Crippen molar-refractivity contribution >= 4 is 59.0 Å². The second-order valence-electron chi connectivity index (χ2n) is 6.92. The smallest absolute Gasteiger partial charge is 0.480 e. The first-order valence-corrected chi connectivity index (χ1v) is 12.5. The van der Waals surface area contributed by atoms with E-state index < -0.39 is 40.9 Å². The number of tetrazole rings is 1. The van der Waals surface area contributed by atoms with Crippen LogP contribution in [0.5, 0.6) is 0 Å². The fraction of sp³-hybridized carbons (Fsp3) is 0.562. The van der Waals surface area contributed by atoms with Crippen molar-refractivity contribution in [3.05, 3.63) is 11.3 Å². The van der Waals surface area contributed by atoms with Crippen LogP contribution >= 0.6 is 35.3 Å². The zero-order valence-electron chi connectivity index (χ0n) is 18.5. The summed E-state index contributed by atoms with van der Waals surface area (Å²) >= 11 is 3.50. The zero-order chi connectivity index (χ0) is 24.3. The minimum Gasteiger partial charge on any atom is -0.480 e. The molecule has 1 aromatic rings. The molecule has 14 nitrogen and oxygen atoms in total. The number of β-lactam (4-membered cyclic amide) rings is 1. The number of thioether (sulfide) groups is 3. The molecule has 0 bridgehead atoms. The minimum absolute atomic E-state index is 0. The summed E-state index contributed by atoms with van der Waals surface area (Å²) in [6, 6.07) is -1.12. The van der Waals surface area contributed by atoms with Crippen molar-refractivity contribution in [2.45, 2.75) is 22.3 Å². The largest absolute Gasteiger partial charge is 1.00 e. The Morgan fingerprint density at radius 2 is 2.12 bits per heavy atom. The number of fused-ring (bicyclic) bond motifs is 1. The summed E-state index contributed by atoms with van der Waals surface area (Å²) in [7, 11) is 2.91. The second-order valence-corrected chi connectivity index (χ2v) is 9.96. The number of nitrogens with two attached hydrogens (primary N) is 1.